The Labute approximate surface area is 62.6 Å². The smallest absolute Gasteiger partial charge is 0.117 e. The van der Waals surface area contributed by atoms with Gasteiger partial charge in [0.05, 0.1) is 17.1 Å². The number of rotatable bonds is 0. The van der Waals surface area contributed by atoms with Crippen LogP contribution < -0.4 is 0 Å². The third kappa shape index (κ3) is 0.580. The van der Waals surface area contributed by atoms with E-state index in [-0.39, 0.29) is 0 Å². The molecule has 0 aromatic carbocycles. The minimum absolute atomic E-state index is 0.656. The molecule has 2 rings (SSSR count). The Bertz CT molecular complexity index is 324. The second-order valence-electron chi connectivity index (χ2n) is 2.17. The lowest BCUT2D eigenvalue weighted by atomic mass is 10.4. The number of halogens is 1. The lowest BCUT2D eigenvalue weighted by molar-refractivity contribution is 0.796. The zero-order chi connectivity index (χ0) is 7.14. The summed E-state index contributed by atoms with van der Waals surface area (Å²) in [5, 5.41) is 5.66. The van der Waals surface area contributed by atoms with Gasteiger partial charge < -0.3 is 4.98 Å². The van der Waals surface area contributed by atoms with E-state index in [4.69, 9.17) is 11.6 Å². The Kier molecular flexibility index (Phi) is 1.02. The summed E-state index contributed by atoms with van der Waals surface area (Å²) in [6, 6.07) is 0. The highest BCUT2D eigenvalue weighted by atomic mass is 35.5. The van der Waals surface area contributed by atoms with Gasteiger partial charge in [-0.3, -0.25) is 4.68 Å². The van der Waals surface area contributed by atoms with Crippen LogP contribution in [0.2, 0.25) is 5.15 Å². The van der Waals surface area contributed by atoms with Gasteiger partial charge >= 0.3 is 0 Å². The summed E-state index contributed by atoms with van der Waals surface area (Å²) in [5.41, 5.74) is 1.03. The predicted octanol–water partition coefficient (Wildman–Crippen LogP) is 1.55. The van der Waals surface area contributed by atoms with E-state index < -0.39 is 0 Å². The summed E-state index contributed by atoms with van der Waals surface area (Å²) >= 11 is 5.78. The molecule has 2 aromatic rings. The number of hydrogen-bond acceptors (Lipinski definition) is 1. The minimum Gasteiger partial charge on any atom is -0.350 e. The van der Waals surface area contributed by atoms with Gasteiger partial charge in [0.25, 0.3) is 0 Å². The van der Waals surface area contributed by atoms with Crippen molar-refractivity contribution >= 4 is 22.5 Å². The first-order valence-electron chi connectivity index (χ1n) is 2.93. The zero-order valence-corrected chi connectivity index (χ0v) is 6.18. The van der Waals surface area contributed by atoms with E-state index in [0.29, 0.717) is 5.15 Å². The molecule has 0 amide bonds. The molecule has 0 atom stereocenters. The molecule has 0 radical (unpaired) electrons. The molecule has 0 unspecified atom stereocenters. The highest BCUT2D eigenvalue weighted by molar-refractivity contribution is 6.34. The number of H-pyrrole nitrogens is 1. The van der Waals surface area contributed by atoms with Crippen LogP contribution in [0.5, 0.6) is 0 Å². The summed E-state index contributed by atoms with van der Waals surface area (Å²) < 4.78 is 1.78. The molecule has 2 aromatic heterocycles. The number of nitrogens with one attached hydrogen (secondary N) is 1. The molecule has 52 valence electrons. The first-order chi connectivity index (χ1) is 4.79. The number of aromatic amines is 1. The monoisotopic (exact) mass is 155 g/mol. The summed E-state index contributed by atoms with van der Waals surface area (Å²) in [7, 11) is 1.88. The molecule has 0 saturated heterocycles. The largest absolute Gasteiger partial charge is 0.350 e. The number of nitrogens with zero attached hydrogens (tertiary/aromatic N) is 2. The van der Waals surface area contributed by atoms with Crippen LogP contribution in [0.1, 0.15) is 0 Å². The van der Waals surface area contributed by atoms with Crippen LogP contribution in [0.15, 0.2) is 12.4 Å². The van der Waals surface area contributed by atoms with Crippen molar-refractivity contribution in [3.8, 4) is 0 Å². The van der Waals surface area contributed by atoms with Gasteiger partial charge in [-0.15, -0.1) is 0 Å². The molecule has 1 N–H and O–H groups in total. The second-order valence-corrected chi connectivity index (χ2v) is 2.55. The summed E-state index contributed by atoms with van der Waals surface area (Å²) in [5.74, 6) is 0. The Morgan fingerprint density at radius 3 is 3.20 bits per heavy atom. The number of aryl methyl sites for hydroxylation is 1. The third-order valence-corrected chi connectivity index (χ3v) is 1.87. The van der Waals surface area contributed by atoms with Gasteiger partial charge in [-0.1, -0.05) is 11.6 Å². The van der Waals surface area contributed by atoms with Crippen LogP contribution >= 0.6 is 11.6 Å². The Hall–Kier alpha value is -0.960. The SMILES string of the molecule is Cn1ncc2c(Cl)[nH]cc21. The Morgan fingerprint density at radius 2 is 2.50 bits per heavy atom. The van der Waals surface area contributed by atoms with Crippen molar-refractivity contribution in [1.82, 2.24) is 14.8 Å². The molecule has 10 heavy (non-hydrogen) atoms. The van der Waals surface area contributed by atoms with Crippen molar-refractivity contribution in [1.29, 1.82) is 0 Å². The summed E-state index contributed by atoms with van der Waals surface area (Å²) in [6.07, 6.45) is 3.58. The van der Waals surface area contributed by atoms with Crippen LogP contribution in [0, 0.1) is 0 Å². The molecule has 0 bridgehead atoms. The molecule has 0 aliphatic carbocycles. The van der Waals surface area contributed by atoms with E-state index in [0.717, 1.165) is 10.9 Å². The highest BCUT2D eigenvalue weighted by Gasteiger charge is 2.03. The maximum Gasteiger partial charge on any atom is 0.117 e. The minimum atomic E-state index is 0.656. The zero-order valence-electron chi connectivity index (χ0n) is 5.43. The van der Waals surface area contributed by atoms with E-state index in [2.05, 4.69) is 10.1 Å². The van der Waals surface area contributed by atoms with Gasteiger partial charge in [0, 0.05) is 13.2 Å². The van der Waals surface area contributed by atoms with E-state index in [9.17, 15) is 0 Å². The van der Waals surface area contributed by atoms with Crippen molar-refractivity contribution in [3.63, 3.8) is 0 Å². The number of hydrogen-bond donors (Lipinski definition) is 1. The fraction of sp³-hybridized carbons (Fsp3) is 0.167. The molecule has 0 aliphatic heterocycles. The molecule has 0 fully saturated rings. The van der Waals surface area contributed by atoms with Crippen LogP contribution in [-0.4, -0.2) is 14.8 Å². The normalized spacial score (nSPS) is 11.0. The predicted molar refractivity (Wildman–Crippen MR) is 40.1 cm³/mol. The first kappa shape index (κ1) is 5.80. The van der Waals surface area contributed by atoms with E-state index in [1.807, 2.05) is 13.2 Å². The van der Waals surface area contributed by atoms with Gasteiger partial charge in [0.2, 0.25) is 0 Å². The van der Waals surface area contributed by atoms with Gasteiger partial charge in [0.1, 0.15) is 5.15 Å². The molecule has 4 heteroatoms. The van der Waals surface area contributed by atoms with Crippen molar-refractivity contribution < 1.29 is 0 Å². The maximum atomic E-state index is 5.78. The van der Waals surface area contributed by atoms with Crippen molar-refractivity contribution in [3.05, 3.63) is 17.5 Å². The van der Waals surface area contributed by atoms with Crippen LogP contribution in [0.4, 0.5) is 0 Å². The van der Waals surface area contributed by atoms with Gasteiger partial charge in [0.15, 0.2) is 0 Å². The van der Waals surface area contributed by atoms with Crippen molar-refractivity contribution in [2.75, 3.05) is 0 Å². The lowest BCUT2D eigenvalue weighted by Crippen LogP contribution is -1.86. The molecular weight excluding hydrogens is 150 g/mol. The highest BCUT2D eigenvalue weighted by Crippen LogP contribution is 2.20. The molecule has 0 spiro atoms. The number of fused-ring (bicyclic) bond motifs is 1. The first-order valence-corrected chi connectivity index (χ1v) is 3.31. The van der Waals surface area contributed by atoms with Crippen LogP contribution in [0.3, 0.4) is 0 Å². The van der Waals surface area contributed by atoms with E-state index in [1.54, 1.807) is 10.9 Å². The standard InChI is InChI=1S/C6H6ClN3/c1-10-5-3-8-6(7)4(5)2-9-10/h2-3,8H,1H3. The quantitative estimate of drug-likeness (QED) is 0.616. The van der Waals surface area contributed by atoms with Crippen molar-refractivity contribution in [2.24, 2.45) is 7.05 Å². The summed E-state index contributed by atoms with van der Waals surface area (Å²) in [6.45, 7) is 0. The molecule has 3 nitrogen and oxygen atoms in total. The fourth-order valence-electron chi connectivity index (χ4n) is 0.997. The third-order valence-electron chi connectivity index (χ3n) is 1.56. The van der Waals surface area contributed by atoms with E-state index >= 15 is 0 Å². The number of aromatic nitrogens is 3. The lowest BCUT2D eigenvalue weighted by Gasteiger charge is -1.83. The van der Waals surface area contributed by atoms with Gasteiger partial charge in [-0.05, 0) is 0 Å². The molecule has 0 saturated carbocycles. The average Bonchev–Trinajstić information content (AvgIpc) is 2.41. The topological polar surface area (TPSA) is 33.6 Å². The Morgan fingerprint density at radius 1 is 1.70 bits per heavy atom. The molecule has 2 heterocycles. The summed E-state index contributed by atoms with van der Waals surface area (Å²) in [4.78, 5) is 2.90. The van der Waals surface area contributed by atoms with E-state index in [1.165, 1.54) is 0 Å². The molecule has 0 aliphatic rings. The second kappa shape index (κ2) is 1.76. The average molecular weight is 156 g/mol. The Balaban J connectivity index is 2.95. The van der Waals surface area contributed by atoms with Gasteiger partial charge in [-0.25, -0.2) is 0 Å². The van der Waals surface area contributed by atoms with Gasteiger partial charge in [-0.2, -0.15) is 5.10 Å². The van der Waals surface area contributed by atoms with Crippen molar-refractivity contribution in [2.45, 2.75) is 0 Å². The molecular formula is C6H6ClN3. The van der Waals surface area contributed by atoms with Crippen LogP contribution in [-0.2, 0) is 7.05 Å². The van der Waals surface area contributed by atoms with Crippen LogP contribution in [0.25, 0.3) is 10.9 Å². The maximum absolute atomic E-state index is 5.78. The fourth-order valence-corrected chi connectivity index (χ4v) is 1.20.